The topological polar surface area (TPSA) is 124 Å². The molecule has 202 valence electrons. The number of hydrogen-bond donors (Lipinski definition) is 2. The number of benzene rings is 3. The van der Waals surface area contributed by atoms with Gasteiger partial charge in [-0.2, -0.15) is 5.10 Å². The van der Waals surface area contributed by atoms with E-state index in [1.165, 1.54) is 10.8 Å². The Kier molecular flexibility index (Phi) is 7.92. The van der Waals surface area contributed by atoms with Crippen LogP contribution in [0.3, 0.4) is 0 Å². The number of fused-ring (bicyclic) bond motifs is 1. The van der Waals surface area contributed by atoms with E-state index in [0.29, 0.717) is 33.4 Å². The highest BCUT2D eigenvalue weighted by atomic mass is 32.2. The third-order valence-electron chi connectivity index (χ3n) is 6.30. The monoisotopic (exact) mass is 554 g/mol. The fourth-order valence-corrected chi connectivity index (χ4v) is 4.97. The Balaban J connectivity index is 1.33. The van der Waals surface area contributed by atoms with Crippen LogP contribution in [-0.2, 0) is 19.3 Å². The van der Waals surface area contributed by atoms with Crippen molar-refractivity contribution in [2.45, 2.75) is 17.5 Å². The van der Waals surface area contributed by atoms with Crippen LogP contribution in [0.5, 0.6) is 11.6 Å². The zero-order valence-corrected chi connectivity index (χ0v) is 22.6. The van der Waals surface area contributed by atoms with E-state index in [9.17, 15) is 14.7 Å². The molecule has 1 amide bonds. The summed E-state index contributed by atoms with van der Waals surface area (Å²) in [5.41, 5.74) is 4.77. The molecule has 0 radical (unpaired) electrons. The van der Waals surface area contributed by atoms with Gasteiger partial charge in [-0.05, 0) is 41.5 Å². The van der Waals surface area contributed by atoms with E-state index >= 15 is 0 Å². The lowest BCUT2D eigenvalue weighted by molar-refractivity contribution is 0.0955. The van der Waals surface area contributed by atoms with E-state index in [1.54, 1.807) is 73.7 Å². The highest BCUT2D eigenvalue weighted by Crippen LogP contribution is 2.24. The molecule has 0 fully saturated rings. The fourth-order valence-electron chi connectivity index (χ4n) is 4.12. The van der Waals surface area contributed by atoms with Gasteiger partial charge >= 0.3 is 0 Å². The average Bonchev–Trinajstić information content (AvgIpc) is 3.40. The summed E-state index contributed by atoms with van der Waals surface area (Å²) in [4.78, 5) is 25.9. The van der Waals surface area contributed by atoms with Gasteiger partial charge in [-0.25, -0.2) is 5.43 Å². The Morgan fingerprint density at radius 3 is 2.42 bits per heavy atom. The summed E-state index contributed by atoms with van der Waals surface area (Å²) in [5.74, 6) is 0.727. The summed E-state index contributed by atoms with van der Waals surface area (Å²) in [6.45, 7) is 0.147. The molecular weight excluding hydrogens is 528 g/mol. The average molecular weight is 555 g/mol. The minimum absolute atomic E-state index is 0.147. The predicted octanol–water partition coefficient (Wildman–Crippen LogP) is 3.95. The summed E-state index contributed by atoms with van der Waals surface area (Å²) in [7, 11) is 3.46. The van der Waals surface area contributed by atoms with Crippen molar-refractivity contribution < 1.29 is 14.6 Å². The molecule has 40 heavy (non-hydrogen) atoms. The van der Waals surface area contributed by atoms with E-state index in [-0.39, 0.29) is 18.0 Å². The second kappa shape index (κ2) is 11.9. The maximum Gasteiger partial charge on any atom is 0.271 e. The molecule has 0 unspecified atom stereocenters. The number of hydrogen-bond acceptors (Lipinski definition) is 8. The number of rotatable bonds is 9. The predicted molar refractivity (Wildman–Crippen MR) is 154 cm³/mol. The van der Waals surface area contributed by atoms with Gasteiger partial charge in [0.2, 0.25) is 5.88 Å². The molecule has 3 aromatic carbocycles. The number of carbonyl (C=O) groups is 1. The third kappa shape index (κ3) is 5.74. The van der Waals surface area contributed by atoms with E-state index in [2.05, 4.69) is 20.7 Å². The summed E-state index contributed by atoms with van der Waals surface area (Å²) >= 11 is 1.55. The van der Waals surface area contributed by atoms with Gasteiger partial charge in [0.05, 0.1) is 25.4 Å². The van der Waals surface area contributed by atoms with Crippen molar-refractivity contribution in [3.05, 3.63) is 112 Å². The molecule has 0 bridgehead atoms. The summed E-state index contributed by atoms with van der Waals surface area (Å²) in [6, 6.07) is 21.4. The van der Waals surface area contributed by atoms with Gasteiger partial charge in [-0.1, -0.05) is 54.2 Å². The molecule has 10 nitrogen and oxygen atoms in total. The van der Waals surface area contributed by atoms with Gasteiger partial charge in [0.1, 0.15) is 12.1 Å². The molecule has 11 heteroatoms. The number of aromatic nitrogens is 4. The fraction of sp³-hybridized carbons (Fsp3) is 0.138. The number of pyridine rings is 1. The molecule has 0 spiro atoms. The number of nitrogens with one attached hydrogen (secondary N) is 1. The zero-order valence-electron chi connectivity index (χ0n) is 21.8. The first-order valence-corrected chi connectivity index (χ1v) is 13.3. The first-order valence-electron chi connectivity index (χ1n) is 12.3. The van der Waals surface area contributed by atoms with Gasteiger partial charge in [-0.15, -0.1) is 10.2 Å². The highest BCUT2D eigenvalue weighted by molar-refractivity contribution is 7.98. The van der Waals surface area contributed by atoms with E-state index in [1.807, 2.05) is 35.9 Å². The quantitative estimate of drug-likeness (QED) is 0.161. The van der Waals surface area contributed by atoms with Gasteiger partial charge in [0.25, 0.3) is 11.5 Å². The lowest BCUT2D eigenvalue weighted by Crippen LogP contribution is -2.23. The van der Waals surface area contributed by atoms with Crippen molar-refractivity contribution in [1.82, 2.24) is 24.8 Å². The summed E-state index contributed by atoms with van der Waals surface area (Å²) < 4.78 is 8.32. The molecule has 0 aliphatic carbocycles. The van der Waals surface area contributed by atoms with E-state index < -0.39 is 5.91 Å². The molecule has 5 rings (SSSR count). The van der Waals surface area contributed by atoms with Crippen LogP contribution in [0.15, 0.2) is 94.2 Å². The first-order chi connectivity index (χ1) is 19.4. The van der Waals surface area contributed by atoms with Crippen molar-refractivity contribution in [3.63, 3.8) is 0 Å². The highest BCUT2D eigenvalue weighted by Gasteiger charge is 2.16. The maximum atomic E-state index is 13.2. The summed E-state index contributed by atoms with van der Waals surface area (Å²) in [5, 5.41) is 24.9. The minimum Gasteiger partial charge on any atom is -0.497 e. The number of amides is 1. The van der Waals surface area contributed by atoms with Crippen LogP contribution < -0.4 is 15.7 Å². The molecule has 2 aromatic heterocycles. The van der Waals surface area contributed by atoms with Gasteiger partial charge in [-0.3, -0.25) is 14.2 Å². The van der Waals surface area contributed by atoms with Crippen molar-refractivity contribution in [2.24, 2.45) is 12.1 Å². The second-order valence-electron chi connectivity index (χ2n) is 8.93. The largest absolute Gasteiger partial charge is 0.497 e. The van der Waals surface area contributed by atoms with Crippen LogP contribution in [0.4, 0.5) is 0 Å². The number of thioether (sulfide) groups is 1. The van der Waals surface area contributed by atoms with Crippen LogP contribution in [-0.4, -0.2) is 43.7 Å². The van der Waals surface area contributed by atoms with E-state index in [4.69, 9.17) is 4.74 Å². The van der Waals surface area contributed by atoms with Crippen molar-refractivity contribution in [1.29, 1.82) is 0 Å². The molecular formula is C29H26N6O4S. The number of ether oxygens (including phenoxy) is 1. The standard InChI is InChI=1S/C29H26N6O4S/c1-34-18-31-33-29(34)40-17-20-7-11-21(12-8-20)26(36)32-30-15-25-23-5-3-4-6-24(23)27(37)35(28(25)38)16-19-9-13-22(39-2)14-10-19/h3-15,18,38H,16-17H2,1-2H3,(H,32,36)/b30-15-. The minimum atomic E-state index is -0.404. The first kappa shape index (κ1) is 26.7. The van der Waals surface area contributed by atoms with Gasteiger partial charge < -0.3 is 14.4 Å². The molecule has 0 saturated heterocycles. The smallest absolute Gasteiger partial charge is 0.271 e. The molecule has 0 saturated carbocycles. The second-order valence-corrected chi connectivity index (χ2v) is 9.87. The number of aromatic hydroxyl groups is 1. The Labute approximate surface area is 233 Å². The number of carbonyl (C=O) groups excluding carboxylic acids is 1. The molecule has 5 aromatic rings. The van der Waals surface area contributed by atoms with Crippen LogP contribution >= 0.6 is 11.8 Å². The molecule has 0 aliphatic rings. The number of aryl methyl sites for hydroxylation is 1. The van der Waals surface area contributed by atoms with Crippen LogP contribution in [0, 0.1) is 0 Å². The van der Waals surface area contributed by atoms with Crippen LogP contribution in [0.2, 0.25) is 0 Å². The Bertz CT molecular complexity index is 1740. The van der Waals surface area contributed by atoms with Gasteiger partial charge in [0.15, 0.2) is 5.16 Å². The molecule has 0 aliphatic heterocycles. The zero-order chi connectivity index (χ0) is 28.1. The Morgan fingerprint density at radius 1 is 1.05 bits per heavy atom. The molecule has 2 N–H and O–H groups in total. The van der Waals surface area contributed by atoms with Crippen molar-refractivity contribution >= 4 is 34.7 Å². The van der Waals surface area contributed by atoms with E-state index in [0.717, 1.165) is 16.3 Å². The lowest BCUT2D eigenvalue weighted by Gasteiger charge is -2.14. The van der Waals surface area contributed by atoms with Crippen molar-refractivity contribution in [3.8, 4) is 11.6 Å². The molecule has 2 heterocycles. The number of hydrazone groups is 1. The summed E-state index contributed by atoms with van der Waals surface area (Å²) in [6.07, 6.45) is 3.00. The number of nitrogens with zero attached hydrogens (tertiary/aromatic N) is 5. The van der Waals surface area contributed by atoms with Crippen LogP contribution in [0.25, 0.3) is 10.8 Å². The Hall–Kier alpha value is -4.90. The maximum absolute atomic E-state index is 13.2. The number of methoxy groups -OCH3 is 1. The van der Waals surface area contributed by atoms with Gasteiger partial charge in [0, 0.05) is 29.1 Å². The molecule has 0 atom stereocenters. The Morgan fingerprint density at radius 2 is 1.75 bits per heavy atom. The van der Waals surface area contributed by atoms with Crippen molar-refractivity contribution in [2.75, 3.05) is 7.11 Å². The SMILES string of the molecule is COc1ccc(Cn2c(O)c(/C=N\NC(=O)c3ccc(CSc4nncn4C)cc3)c3ccccc3c2=O)cc1. The third-order valence-corrected chi connectivity index (χ3v) is 7.41. The normalized spacial score (nSPS) is 11.2. The lowest BCUT2D eigenvalue weighted by atomic mass is 10.1. The van der Waals surface area contributed by atoms with Crippen LogP contribution in [0.1, 0.15) is 27.0 Å².